The van der Waals surface area contributed by atoms with Gasteiger partial charge in [0.15, 0.2) is 23.2 Å². The fraction of sp³-hybridized carbons (Fsp3) is 0.0638. The van der Waals surface area contributed by atoms with E-state index < -0.39 is 103 Å². The summed E-state index contributed by atoms with van der Waals surface area (Å²) in [5.74, 6) is -7.54. The highest BCUT2D eigenvalue weighted by molar-refractivity contribution is 7.87. The highest BCUT2D eigenvalue weighted by Gasteiger charge is 2.38. The fourth-order valence-corrected chi connectivity index (χ4v) is 10.4. The van der Waals surface area contributed by atoms with E-state index in [2.05, 4.69) is 0 Å². The first-order valence-corrected chi connectivity index (χ1v) is 24.5. The zero-order chi connectivity index (χ0) is 50.9. The number of nitrogens with one attached hydrogen (secondary N) is 2. The molecule has 0 radical (unpaired) electrons. The summed E-state index contributed by atoms with van der Waals surface area (Å²) < 4.78 is 112. The van der Waals surface area contributed by atoms with Crippen LogP contribution in [0.3, 0.4) is 0 Å². The number of hydrogen-bond donors (Lipinski definition) is 3. The first-order valence-electron chi connectivity index (χ1n) is 20.3. The number of ketones is 3. The van der Waals surface area contributed by atoms with Crippen molar-refractivity contribution in [1.82, 2.24) is 0 Å². The lowest BCUT2D eigenvalue weighted by atomic mass is 9.71. The molecule has 0 amide bonds. The highest BCUT2D eigenvalue weighted by atomic mass is 32.2. The largest absolute Gasteiger partial charge is 0.424 e. The van der Waals surface area contributed by atoms with Gasteiger partial charge in [0.2, 0.25) is 11.6 Å². The third-order valence-corrected chi connectivity index (χ3v) is 15.1. The van der Waals surface area contributed by atoms with Crippen LogP contribution in [0.15, 0.2) is 142 Å². The van der Waals surface area contributed by atoms with Crippen molar-refractivity contribution in [3.05, 3.63) is 161 Å². The number of carbonyl (C=O) groups is 6. The molecule has 24 heteroatoms. The maximum atomic E-state index is 13.4. The van der Waals surface area contributed by atoms with Gasteiger partial charge in [0.05, 0.1) is 16.7 Å². The van der Waals surface area contributed by atoms with Crippen molar-refractivity contribution < 1.29 is 80.8 Å². The van der Waals surface area contributed by atoms with E-state index in [-0.39, 0.29) is 51.2 Å². The Bertz CT molecular complexity index is 3600. The van der Waals surface area contributed by atoms with Crippen LogP contribution in [-0.2, 0) is 50.2 Å². The molecule has 21 nitrogen and oxygen atoms in total. The minimum atomic E-state index is -4.63. The smallest absolute Gasteiger partial charge is 0.365 e. The molecule has 0 spiro atoms. The van der Waals surface area contributed by atoms with Crippen molar-refractivity contribution in [3.8, 4) is 34.5 Å². The van der Waals surface area contributed by atoms with Crippen LogP contribution in [0.1, 0.15) is 54.7 Å². The van der Waals surface area contributed by atoms with Gasteiger partial charge >= 0.3 is 48.3 Å². The quantitative estimate of drug-likeness (QED) is 0.0512. The van der Waals surface area contributed by atoms with Crippen molar-refractivity contribution in [2.75, 3.05) is 0 Å². The molecule has 3 heterocycles. The van der Waals surface area contributed by atoms with Crippen LogP contribution < -0.4 is 32.5 Å². The molecule has 0 saturated carbocycles. The molecule has 4 N–H and O–H groups in total. The Kier molecular flexibility index (Phi) is 11.4. The molecule has 1 atom stereocenters. The average molecular weight is 1020 g/mol. The van der Waals surface area contributed by atoms with Gasteiger partial charge in [-0.25, -0.2) is 14.4 Å². The predicted octanol–water partition coefficient (Wildman–Crippen LogP) is 4.02. The fourth-order valence-electron chi connectivity index (χ4n) is 7.57. The minimum Gasteiger partial charge on any atom is -0.424 e. The molecule has 9 rings (SSSR count). The zero-order valence-corrected chi connectivity index (χ0v) is 38.3. The molecular weight excluding hydrogens is 991 g/mol. The number of carbonyl (C=O) groups excluding carboxylic acids is 6. The van der Waals surface area contributed by atoms with Crippen LogP contribution in [0.4, 0.5) is 0 Å². The number of rotatable bonds is 12. The molecule has 358 valence electrons. The van der Waals surface area contributed by atoms with Crippen LogP contribution in [-0.4, -0.2) is 78.0 Å². The zero-order valence-electron chi connectivity index (χ0n) is 35.9. The molecule has 6 aromatic carbocycles. The highest BCUT2D eigenvalue weighted by Crippen LogP contribution is 2.42. The second kappa shape index (κ2) is 17.1. The molecule has 0 aromatic heterocycles. The second-order valence-corrected chi connectivity index (χ2v) is 20.4. The van der Waals surface area contributed by atoms with Gasteiger partial charge in [-0.05, 0) is 115 Å². The van der Waals surface area contributed by atoms with Gasteiger partial charge in [0.1, 0.15) is 49.2 Å². The summed E-state index contributed by atoms with van der Waals surface area (Å²) in [5.41, 5.74) is 2.86. The average Bonchev–Trinajstić information content (AvgIpc) is 3.34. The molecule has 0 bridgehead atoms. The summed E-state index contributed by atoms with van der Waals surface area (Å²) >= 11 is 0. The summed E-state index contributed by atoms with van der Waals surface area (Å²) in [6, 6.07) is 24.6. The van der Waals surface area contributed by atoms with Crippen molar-refractivity contribution in [1.29, 1.82) is 10.8 Å². The molecule has 3 aliphatic heterocycles. The van der Waals surface area contributed by atoms with Gasteiger partial charge in [-0.3, -0.25) is 25.2 Å². The van der Waals surface area contributed by atoms with Crippen LogP contribution in [0.2, 0.25) is 0 Å². The predicted molar refractivity (Wildman–Crippen MR) is 241 cm³/mol. The van der Waals surface area contributed by atoms with E-state index >= 15 is 0 Å². The maximum absolute atomic E-state index is 13.4. The van der Waals surface area contributed by atoms with E-state index in [1.807, 2.05) is 0 Å². The first kappa shape index (κ1) is 47.4. The van der Waals surface area contributed by atoms with Gasteiger partial charge in [-0.2, -0.15) is 25.3 Å². The molecule has 0 aliphatic carbocycles. The van der Waals surface area contributed by atoms with Crippen LogP contribution in [0.25, 0.3) is 0 Å². The van der Waals surface area contributed by atoms with Crippen molar-refractivity contribution in [2.45, 2.75) is 33.1 Å². The van der Waals surface area contributed by atoms with E-state index in [1.54, 1.807) is 6.92 Å². The van der Waals surface area contributed by atoms with E-state index in [0.717, 1.165) is 54.6 Å². The summed E-state index contributed by atoms with van der Waals surface area (Å²) in [6.07, 6.45) is 0. The Morgan fingerprint density at radius 2 is 0.775 bits per heavy atom. The standard InChI is InChI=1S/C47H29N3O18S3/c1-47(23-2-8-26(9-3-23)66-69(57,58)29-14-17-35-32(20-29)41(51)38(48)44(54)63-35,24-4-10-27(11-5-24)67-70(59,60)30-15-18-36-33(21-30)42(52)39(49)45(55)64-36)25-6-12-28(13-7-25)68-71(61,62)31-16-19-37-34(22-31)43(53)40(50)46(56)65-37/h2-22,38,49-50H,48H2,1H3. The Balaban J connectivity index is 1.02. The van der Waals surface area contributed by atoms with E-state index in [4.69, 9.17) is 43.3 Å². The number of fused-ring (bicyclic) bond motifs is 3. The number of ether oxygens (including phenoxy) is 3. The van der Waals surface area contributed by atoms with Gasteiger partial charge in [0, 0.05) is 5.41 Å². The normalized spacial score (nSPS) is 16.6. The topological polar surface area (TPSA) is 334 Å². The number of benzene rings is 6. The Labute approximate surface area is 401 Å². The second-order valence-electron chi connectivity index (χ2n) is 15.7. The van der Waals surface area contributed by atoms with Gasteiger partial charge in [-0.15, -0.1) is 0 Å². The van der Waals surface area contributed by atoms with E-state index in [9.17, 15) is 54.0 Å². The molecule has 1 unspecified atom stereocenters. The lowest BCUT2D eigenvalue weighted by Crippen LogP contribution is -2.45. The monoisotopic (exact) mass is 1020 g/mol. The number of esters is 3. The molecule has 6 aromatic rings. The third kappa shape index (κ3) is 8.49. The SMILES string of the molecule is CC(c1ccc(OS(=O)(=O)c2ccc3c(c2)C(=O)C(=N)C(=O)O3)cc1)(c1ccc(OS(=O)(=O)c2ccc3c(c2)C(=O)C(=N)C(=O)O3)cc1)c1ccc(OS(=O)(=O)c2ccc3c(c2)C(=O)C(N)C(=O)O3)cc1. The maximum Gasteiger partial charge on any atom is 0.365 e. The summed E-state index contributed by atoms with van der Waals surface area (Å²) in [5, 5.41) is 15.3. The van der Waals surface area contributed by atoms with Crippen LogP contribution >= 0.6 is 0 Å². The summed E-state index contributed by atoms with van der Waals surface area (Å²) in [7, 11) is -13.9. The Morgan fingerprint density at radius 1 is 0.465 bits per heavy atom. The summed E-state index contributed by atoms with van der Waals surface area (Å²) in [6.45, 7) is 1.74. The van der Waals surface area contributed by atoms with E-state index in [0.29, 0.717) is 16.7 Å². The number of hydrogen-bond acceptors (Lipinski definition) is 21. The molecule has 3 aliphatic rings. The first-order chi connectivity index (χ1) is 33.5. The number of Topliss-reactive ketones (excluding diaryl/α,β-unsaturated/α-hetero) is 3. The molecule has 71 heavy (non-hydrogen) atoms. The van der Waals surface area contributed by atoms with Crippen molar-refractivity contribution >= 4 is 77.0 Å². The molecular formula is C47H29N3O18S3. The van der Waals surface area contributed by atoms with Crippen molar-refractivity contribution in [3.63, 3.8) is 0 Å². The summed E-state index contributed by atoms with van der Waals surface area (Å²) in [4.78, 5) is 71.9. The minimum absolute atomic E-state index is 0.177. The van der Waals surface area contributed by atoms with Crippen LogP contribution in [0.5, 0.6) is 34.5 Å². The third-order valence-electron chi connectivity index (χ3n) is 11.4. The van der Waals surface area contributed by atoms with Gasteiger partial charge in [-0.1, -0.05) is 36.4 Å². The Hall–Kier alpha value is -8.71. The Morgan fingerprint density at radius 3 is 1.11 bits per heavy atom. The van der Waals surface area contributed by atoms with Gasteiger partial charge in [0.25, 0.3) is 0 Å². The van der Waals surface area contributed by atoms with Gasteiger partial charge < -0.3 is 32.5 Å². The van der Waals surface area contributed by atoms with E-state index in [1.165, 1.54) is 72.8 Å². The lowest BCUT2D eigenvalue weighted by molar-refractivity contribution is -0.135. The van der Waals surface area contributed by atoms with Crippen molar-refractivity contribution in [2.24, 2.45) is 5.73 Å². The van der Waals surface area contributed by atoms with Crippen LogP contribution in [0, 0.1) is 10.8 Å². The lowest BCUT2D eigenvalue weighted by Gasteiger charge is -2.32. The number of nitrogens with two attached hydrogens (primary N) is 1. The molecule has 0 saturated heterocycles. The molecule has 0 fully saturated rings.